The highest BCUT2D eigenvalue weighted by molar-refractivity contribution is 9.10. The van der Waals surface area contributed by atoms with E-state index >= 15 is 0 Å². The van der Waals surface area contributed by atoms with Crippen LogP contribution >= 0.6 is 15.9 Å². The Hall–Kier alpha value is -2.16. The zero-order valence-electron chi connectivity index (χ0n) is 9.29. The molecule has 0 saturated carbocycles. The lowest BCUT2D eigenvalue weighted by Crippen LogP contribution is -2.21. The van der Waals surface area contributed by atoms with Crippen molar-refractivity contribution in [2.24, 2.45) is 21.7 Å². The molecule has 0 radical (unpaired) electrons. The van der Waals surface area contributed by atoms with Gasteiger partial charge in [-0.25, -0.2) is 0 Å². The van der Waals surface area contributed by atoms with Gasteiger partial charge in [-0.1, -0.05) is 15.9 Å². The maximum absolute atomic E-state index is 10.8. The highest BCUT2D eigenvalue weighted by atomic mass is 79.9. The quantitative estimate of drug-likeness (QED) is 0.330. The van der Waals surface area contributed by atoms with Crippen molar-refractivity contribution >= 4 is 33.8 Å². The minimum Gasteiger partial charge on any atom is -0.502 e. The van der Waals surface area contributed by atoms with Crippen LogP contribution in [-0.2, 0) is 0 Å². The first kappa shape index (κ1) is 13.9. The third kappa shape index (κ3) is 2.94. The summed E-state index contributed by atoms with van der Waals surface area (Å²) in [6, 6.07) is 1.48. The Morgan fingerprint density at radius 1 is 1.61 bits per heavy atom. The van der Waals surface area contributed by atoms with Crippen molar-refractivity contribution in [3.05, 3.63) is 31.8 Å². The lowest BCUT2D eigenvalue weighted by atomic mass is 10.1. The second-order valence-corrected chi connectivity index (χ2v) is 4.15. The number of phenols is 1. The minimum atomic E-state index is -0.673. The van der Waals surface area contributed by atoms with Crippen molar-refractivity contribution in [3.8, 4) is 5.75 Å². The van der Waals surface area contributed by atoms with E-state index in [0.29, 0.717) is 10.0 Å². The topological polar surface area (TPSA) is 140 Å². The van der Waals surface area contributed by atoms with E-state index in [-0.39, 0.29) is 11.5 Å². The molecule has 0 unspecified atom stereocenters. The van der Waals surface area contributed by atoms with Crippen LogP contribution in [0.5, 0.6) is 5.75 Å². The Morgan fingerprint density at radius 2 is 2.22 bits per heavy atom. The highest BCUT2D eigenvalue weighted by Gasteiger charge is 2.22. The standard InChI is InChI=1S/C9H10BrN5O3/c1-4-6(10)2-5(3-13-14-9(11)12)8(16)7(4)15(17)18/h2-3,16H,1H3,(H4,11,12,14). The van der Waals surface area contributed by atoms with Gasteiger partial charge >= 0.3 is 5.69 Å². The fourth-order valence-corrected chi connectivity index (χ4v) is 1.65. The van der Waals surface area contributed by atoms with Crippen molar-refractivity contribution in [1.29, 1.82) is 0 Å². The largest absolute Gasteiger partial charge is 0.502 e. The molecule has 0 aromatic heterocycles. The molecule has 0 heterocycles. The fraction of sp³-hybridized carbons (Fsp3) is 0.111. The third-order valence-corrected chi connectivity index (χ3v) is 2.87. The average molecular weight is 316 g/mol. The van der Waals surface area contributed by atoms with Crippen LogP contribution in [0.25, 0.3) is 0 Å². The van der Waals surface area contributed by atoms with Crippen molar-refractivity contribution in [2.45, 2.75) is 6.92 Å². The summed E-state index contributed by atoms with van der Waals surface area (Å²) in [6.45, 7) is 1.51. The molecule has 0 bridgehead atoms. The summed E-state index contributed by atoms with van der Waals surface area (Å²) in [7, 11) is 0. The number of nitro groups is 1. The van der Waals surface area contributed by atoms with Crippen molar-refractivity contribution in [1.82, 2.24) is 0 Å². The van der Waals surface area contributed by atoms with Crippen LogP contribution in [0, 0.1) is 17.0 Å². The highest BCUT2D eigenvalue weighted by Crippen LogP contribution is 2.36. The Labute approximate surface area is 110 Å². The van der Waals surface area contributed by atoms with E-state index < -0.39 is 16.4 Å². The molecule has 1 aromatic carbocycles. The molecule has 18 heavy (non-hydrogen) atoms. The molecule has 0 saturated heterocycles. The van der Waals surface area contributed by atoms with Crippen LogP contribution in [-0.4, -0.2) is 22.2 Å². The molecule has 0 aliphatic heterocycles. The third-order valence-electron chi connectivity index (χ3n) is 2.05. The van der Waals surface area contributed by atoms with Crippen molar-refractivity contribution in [2.75, 3.05) is 0 Å². The van der Waals surface area contributed by atoms with Gasteiger partial charge in [0.1, 0.15) is 0 Å². The van der Waals surface area contributed by atoms with Crippen LogP contribution in [0.4, 0.5) is 5.69 Å². The van der Waals surface area contributed by atoms with Gasteiger partial charge in [0.15, 0.2) is 0 Å². The Morgan fingerprint density at radius 3 is 2.72 bits per heavy atom. The molecule has 0 aliphatic rings. The number of hydrogen-bond acceptors (Lipinski definition) is 5. The Bertz CT molecular complexity index is 552. The fourth-order valence-electron chi connectivity index (χ4n) is 1.22. The van der Waals surface area contributed by atoms with E-state index in [2.05, 4.69) is 26.1 Å². The molecule has 0 aliphatic carbocycles. The van der Waals surface area contributed by atoms with Crippen molar-refractivity contribution in [3.63, 3.8) is 0 Å². The molecule has 0 atom stereocenters. The molecule has 0 amide bonds. The number of hydrogen-bond donors (Lipinski definition) is 3. The van der Waals surface area contributed by atoms with E-state index in [1.807, 2.05) is 0 Å². The lowest BCUT2D eigenvalue weighted by Gasteiger charge is -2.05. The van der Waals surface area contributed by atoms with Crippen LogP contribution in [0.1, 0.15) is 11.1 Å². The molecular weight excluding hydrogens is 306 g/mol. The summed E-state index contributed by atoms with van der Waals surface area (Å²) in [5, 5.41) is 27.4. The van der Waals surface area contributed by atoms with Crippen LogP contribution in [0.2, 0.25) is 0 Å². The van der Waals surface area contributed by atoms with Gasteiger partial charge in [0.25, 0.3) is 0 Å². The SMILES string of the molecule is Cc1c(Br)cc(C=NN=C(N)N)c(O)c1[N+](=O)[O-]. The number of benzene rings is 1. The summed E-state index contributed by atoms with van der Waals surface area (Å²) < 4.78 is 0.471. The number of aromatic hydroxyl groups is 1. The van der Waals surface area contributed by atoms with Crippen LogP contribution in [0.15, 0.2) is 20.7 Å². The smallest absolute Gasteiger partial charge is 0.315 e. The predicted octanol–water partition coefficient (Wildman–Crippen LogP) is 0.979. The minimum absolute atomic E-state index is 0.129. The average Bonchev–Trinajstić information content (AvgIpc) is 2.24. The number of nitro benzene ring substituents is 1. The molecular formula is C9H10BrN5O3. The molecule has 1 rings (SSSR count). The first-order chi connectivity index (χ1) is 8.34. The maximum atomic E-state index is 10.8. The molecule has 0 fully saturated rings. The molecule has 9 heteroatoms. The van der Waals surface area contributed by atoms with Gasteiger partial charge in [0.05, 0.1) is 11.1 Å². The lowest BCUT2D eigenvalue weighted by molar-refractivity contribution is -0.386. The first-order valence-corrected chi connectivity index (χ1v) is 5.42. The maximum Gasteiger partial charge on any atom is 0.315 e. The Balaban J connectivity index is 3.35. The van der Waals surface area contributed by atoms with Crippen LogP contribution < -0.4 is 11.5 Å². The second-order valence-electron chi connectivity index (χ2n) is 3.30. The summed E-state index contributed by atoms with van der Waals surface area (Å²) in [6.07, 6.45) is 1.12. The zero-order chi connectivity index (χ0) is 13.9. The number of halogens is 1. The normalized spacial score (nSPS) is 10.6. The van der Waals surface area contributed by atoms with Gasteiger partial charge in [0, 0.05) is 15.6 Å². The zero-order valence-corrected chi connectivity index (χ0v) is 10.9. The number of phenolic OH excluding ortho intramolecular Hbond substituents is 1. The van der Waals surface area contributed by atoms with Gasteiger partial charge in [-0.05, 0) is 13.0 Å². The van der Waals surface area contributed by atoms with Gasteiger partial charge in [-0.3, -0.25) is 10.1 Å². The molecule has 1 aromatic rings. The first-order valence-electron chi connectivity index (χ1n) is 4.63. The summed E-state index contributed by atoms with van der Waals surface area (Å²) in [4.78, 5) is 10.2. The molecule has 96 valence electrons. The van der Waals surface area contributed by atoms with E-state index in [1.54, 1.807) is 0 Å². The van der Waals surface area contributed by atoms with Crippen LogP contribution in [0.3, 0.4) is 0 Å². The number of nitrogens with zero attached hydrogens (tertiary/aromatic N) is 3. The predicted molar refractivity (Wildman–Crippen MR) is 70.6 cm³/mol. The summed E-state index contributed by atoms with van der Waals surface area (Å²) >= 11 is 3.16. The number of guanidine groups is 1. The Kier molecular flexibility index (Phi) is 4.21. The van der Waals surface area contributed by atoms with Gasteiger partial charge in [0.2, 0.25) is 11.7 Å². The van der Waals surface area contributed by atoms with E-state index in [9.17, 15) is 15.2 Å². The van der Waals surface area contributed by atoms with E-state index in [4.69, 9.17) is 11.5 Å². The summed E-state index contributed by atoms with van der Waals surface area (Å²) in [5.41, 5.74) is 10.2. The van der Waals surface area contributed by atoms with Crippen molar-refractivity contribution < 1.29 is 10.0 Å². The monoisotopic (exact) mass is 315 g/mol. The second kappa shape index (κ2) is 5.45. The van der Waals surface area contributed by atoms with E-state index in [0.717, 1.165) is 6.21 Å². The van der Waals surface area contributed by atoms with E-state index in [1.165, 1.54) is 13.0 Å². The number of nitrogens with two attached hydrogens (primary N) is 2. The van der Waals surface area contributed by atoms with Gasteiger partial charge in [-0.2, -0.15) is 5.10 Å². The molecule has 0 spiro atoms. The van der Waals surface area contributed by atoms with Gasteiger partial charge < -0.3 is 16.6 Å². The van der Waals surface area contributed by atoms with Gasteiger partial charge in [-0.15, -0.1) is 5.10 Å². The number of rotatable bonds is 3. The molecule has 5 N–H and O–H groups in total. The summed E-state index contributed by atoms with van der Waals surface area (Å²) in [5.74, 6) is -0.748. The molecule has 8 nitrogen and oxygen atoms in total.